The summed E-state index contributed by atoms with van der Waals surface area (Å²) in [5.41, 5.74) is 9.81. The fourth-order valence-electron chi connectivity index (χ4n) is 4.07. The number of carbonyl (C=O) groups is 2. The van der Waals surface area contributed by atoms with Crippen molar-refractivity contribution in [2.24, 2.45) is 5.73 Å². The number of hydrogen-bond acceptors (Lipinski definition) is 4. The third kappa shape index (κ3) is 4.22. The second-order valence-corrected chi connectivity index (χ2v) is 7.77. The number of hydrogen-bond donors (Lipinski definition) is 1. The van der Waals surface area contributed by atoms with Gasteiger partial charge in [-0.25, -0.2) is 0 Å². The first-order chi connectivity index (χ1) is 15.5. The van der Waals surface area contributed by atoms with Gasteiger partial charge in [-0.15, -0.1) is 0 Å². The van der Waals surface area contributed by atoms with Crippen LogP contribution in [0.4, 0.5) is 0 Å². The van der Waals surface area contributed by atoms with E-state index < -0.39 is 11.9 Å². The van der Waals surface area contributed by atoms with Crippen LogP contribution in [0.2, 0.25) is 0 Å². The molecule has 0 aliphatic rings. The Kier molecular flexibility index (Phi) is 6.23. The van der Waals surface area contributed by atoms with Crippen LogP contribution in [0.3, 0.4) is 0 Å². The Hall–Kier alpha value is -3.64. The number of carbonyl (C=O) groups excluding carboxylic acids is 2. The van der Waals surface area contributed by atoms with Gasteiger partial charge < -0.3 is 19.8 Å². The highest BCUT2D eigenvalue weighted by Crippen LogP contribution is 2.39. The molecular formula is C26H26N2O4. The van der Waals surface area contributed by atoms with Crippen LogP contribution in [0, 0.1) is 0 Å². The molecule has 32 heavy (non-hydrogen) atoms. The lowest BCUT2D eigenvalue weighted by Crippen LogP contribution is -2.11. The summed E-state index contributed by atoms with van der Waals surface area (Å²) in [5.74, 6) is -0.562. The Labute approximate surface area is 186 Å². The number of amides is 1. The van der Waals surface area contributed by atoms with Crippen molar-refractivity contribution in [2.75, 3.05) is 6.61 Å². The zero-order valence-electron chi connectivity index (χ0n) is 18.3. The molecule has 1 aromatic heterocycles. The smallest absolute Gasteiger partial charge is 0.308 e. The second-order valence-electron chi connectivity index (χ2n) is 7.77. The molecule has 0 bridgehead atoms. The standard InChI is InChI=1S/C26H26N2O4/c1-3-12-31-16-19-13-22-25(23(14-19)32-17(2)29)24-20(26(27)30)10-7-11-21(24)28(22)15-18-8-5-4-6-9-18/h4-11,13-14H,3,12,15-16H2,1-2H3,(H2,27,30). The molecule has 3 aromatic carbocycles. The number of fused-ring (bicyclic) bond motifs is 3. The molecular weight excluding hydrogens is 404 g/mol. The lowest BCUT2D eigenvalue weighted by atomic mass is 10.0. The van der Waals surface area contributed by atoms with Gasteiger partial charge in [0.25, 0.3) is 0 Å². The number of rotatable bonds is 8. The van der Waals surface area contributed by atoms with Crippen LogP contribution in [0.25, 0.3) is 21.8 Å². The monoisotopic (exact) mass is 430 g/mol. The minimum Gasteiger partial charge on any atom is -0.426 e. The fourth-order valence-corrected chi connectivity index (χ4v) is 4.07. The average molecular weight is 431 g/mol. The Morgan fingerprint density at radius 3 is 2.41 bits per heavy atom. The summed E-state index contributed by atoms with van der Waals surface area (Å²) in [5, 5.41) is 1.38. The largest absolute Gasteiger partial charge is 0.426 e. The number of nitrogens with zero attached hydrogens (tertiary/aromatic N) is 1. The van der Waals surface area contributed by atoms with Crippen molar-refractivity contribution in [3.63, 3.8) is 0 Å². The van der Waals surface area contributed by atoms with Gasteiger partial charge in [-0.1, -0.05) is 43.3 Å². The van der Waals surface area contributed by atoms with E-state index in [2.05, 4.69) is 23.6 Å². The van der Waals surface area contributed by atoms with Gasteiger partial charge in [-0.2, -0.15) is 0 Å². The highest BCUT2D eigenvalue weighted by atomic mass is 16.5. The molecule has 1 heterocycles. The van der Waals surface area contributed by atoms with E-state index in [1.807, 2.05) is 42.5 Å². The number of benzene rings is 3. The van der Waals surface area contributed by atoms with Gasteiger partial charge in [-0.3, -0.25) is 9.59 Å². The van der Waals surface area contributed by atoms with E-state index in [4.69, 9.17) is 15.2 Å². The SMILES string of the molecule is CCCOCc1cc(OC(C)=O)c2c3c(C(N)=O)cccc3n(Cc3ccccc3)c2c1. The van der Waals surface area contributed by atoms with Gasteiger partial charge in [0.15, 0.2) is 0 Å². The lowest BCUT2D eigenvalue weighted by Gasteiger charge is -2.11. The average Bonchev–Trinajstić information content (AvgIpc) is 3.08. The van der Waals surface area contributed by atoms with E-state index in [0.717, 1.165) is 28.6 Å². The molecule has 0 fully saturated rings. The molecule has 6 nitrogen and oxygen atoms in total. The van der Waals surface area contributed by atoms with E-state index >= 15 is 0 Å². The van der Waals surface area contributed by atoms with Gasteiger partial charge in [0.1, 0.15) is 5.75 Å². The zero-order valence-corrected chi connectivity index (χ0v) is 18.3. The van der Waals surface area contributed by atoms with Crippen molar-refractivity contribution in [3.8, 4) is 5.75 Å². The van der Waals surface area contributed by atoms with E-state index in [0.29, 0.717) is 41.8 Å². The third-order valence-corrected chi connectivity index (χ3v) is 5.34. The van der Waals surface area contributed by atoms with E-state index in [9.17, 15) is 9.59 Å². The number of nitrogens with two attached hydrogens (primary N) is 1. The number of esters is 1. The lowest BCUT2D eigenvalue weighted by molar-refractivity contribution is -0.131. The molecule has 0 aliphatic carbocycles. The molecule has 0 unspecified atom stereocenters. The summed E-state index contributed by atoms with van der Waals surface area (Å²) in [4.78, 5) is 24.2. The maximum absolute atomic E-state index is 12.3. The molecule has 0 radical (unpaired) electrons. The van der Waals surface area contributed by atoms with Crippen LogP contribution < -0.4 is 10.5 Å². The van der Waals surface area contributed by atoms with Gasteiger partial charge in [0.05, 0.1) is 23.0 Å². The van der Waals surface area contributed by atoms with Crippen LogP contribution in [-0.4, -0.2) is 23.1 Å². The number of primary amides is 1. The van der Waals surface area contributed by atoms with Gasteiger partial charge in [0, 0.05) is 31.0 Å². The molecule has 6 heteroatoms. The van der Waals surface area contributed by atoms with E-state index in [1.54, 1.807) is 6.07 Å². The normalized spacial score (nSPS) is 11.2. The second kappa shape index (κ2) is 9.24. The third-order valence-electron chi connectivity index (χ3n) is 5.34. The number of ether oxygens (including phenoxy) is 2. The molecule has 1 amide bonds. The Morgan fingerprint density at radius 2 is 1.72 bits per heavy atom. The summed E-state index contributed by atoms with van der Waals surface area (Å²) in [6.45, 7) is 5.04. The van der Waals surface area contributed by atoms with Crippen molar-refractivity contribution in [2.45, 2.75) is 33.4 Å². The number of aromatic nitrogens is 1. The van der Waals surface area contributed by atoms with Crippen LogP contribution in [0.1, 0.15) is 41.8 Å². The highest BCUT2D eigenvalue weighted by Gasteiger charge is 2.21. The van der Waals surface area contributed by atoms with Crippen LogP contribution >= 0.6 is 0 Å². The molecule has 0 saturated heterocycles. The van der Waals surface area contributed by atoms with Crippen LogP contribution in [0.15, 0.2) is 60.7 Å². The van der Waals surface area contributed by atoms with E-state index in [-0.39, 0.29) is 0 Å². The zero-order chi connectivity index (χ0) is 22.7. The minimum atomic E-state index is -0.529. The van der Waals surface area contributed by atoms with Crippen molar-refractivity contribution in [1.29, 1.82) is 0 Å². The molecule has 2 N–H and O–H groups in total. The first kappa shape index (κ1) is 21.6. The highest BCUT2D eigenvalue weighted by molar-refractivity contribution is 6.20. The quantitative estimate of drug-likeness (QED) is 0.247. The minimum absolute atomic E-state index is 0.391. The summed E-state index contributed by atoms with van der Waals surface area (Å²) in [6.07, 6.45) is 0.912. The molecule has 0 atom stereocenters. The maximum atomic E-state index is 12.3. The Morgan fingerprint density at radius 1 is 0.938 bits per heavy atom. The molecule has 4 aromatic rings. The van der Waals surface area contributed by atoms with Gasteiger partial charge in [-0.05, 0) is 41.8 Å². The Balaban J connectivity index is 2.04. The predicted octanol–water partition coefficient (Wildman–Crippen LogP) is 4.79. The van der Waals surface area contributed by atoms with E-state index in [1.165, 1.54) is 6.92 Å². The summed E-state index contributed by atoms with van der Waals surface area (Å²) < 4.78 is 13.5. The first-order valence-electron chi connectivity index (χ1n) is 10.7. The molecule has 164 valence electrons. The summed E-state index contributed by atoms with van der Waals surface area (Å²) in [6, 6.07) is 19.4. The topological polar surface area (TPSA) is 83.6 Å². The first-order valence-corrected chi connectivity index (χ1v) is 10.7. The maximum Gasteiger partial charge on any atom is 0.308 e. The predicted molar refractivity (Wildman–Crippen MR) is 125 cm³/mol. The molecule has 0 spiro atoms. The van der Waals surface area contributed by atoms with Crippen molar-refractivity contribution in [3.05, 3.63) is 77.4 Å². The summed E-state index contributed by atoms with van der Waals surface area (Å²) >= 11 is 0. The Bertz CT molecular complexity index is 1290. The molecule has 0 aliphatic heterocycles. The van der Waals surface area contributed by atoms with Crippen molar-refractivity contribution >= 4 is 33.7 Å². The van der Waals surface area contributed by atoms with Crippen LogP contribution in [-0.2, 0) is 22.7 Å². The van der Waals surface area contributed by atoms with Gasteiger partial charge >= 0.3 is 5.97 Å². The van der Waals surface area contributed by atoms with Crippen molar-refractivity contribution in [1.82, 2.24) is 4.57 Å². The molecule has 4 rings (SSSR count). The van der Waals surface area contributed by atoms with Gasteiger partial charge in [0.2, 0.25) is 5.91 Å². The molecule has 0 saturated carbocycles. The van der Waals surface area contributed by atoms with Crippen LogP contribution in [0.5, 0.6) is 5.75 Å². The fraction of sp³-hybridized carbons (Fsp3) is 0.231. The summed E-state index contributed by atoms with van der Waals surface area (Å²) in [7, 11) is 0. The van der Waals surface area contributed by atoms with Crippen molar-refractivity contribution < 1.29 is 19.1 Å².